The molecule has 1 unspecified atom stereocenters. The Kier molecular flexibility index (Phi) is 4.68. The van der Waals surface area contributed by atoms with Gasteiger partial charge in [0.1, 0.15) is 12.7 Å². The molecule has 0 bridgehead atoms. The van der Waals surface area contributed by atoms with Crippen molar-refractivity contribution in [2.75, 3.05) is 0 Å². The summed E-state index contributed by atoms with van der Waals surface area (Å²) >= 11 is 3.42. The summed E-state index contributed by atoms with van der Waals surface area (Å²) in [5.74, 6) is 0.00276. The zero-order valence-corrected chi connectivity index (χ0v) is 12.2. The minimum absolute atomic E-state index is 0.00276. The number of carbonyl (C=O) groups excluding carboxylic acids is 1. The van der Waals surface area contributed by atoms with E-state index in [2.05, 4.69) is 31.3 Å². The van der Waals surface area contributed by atoms with Gasteiger partial charge in [0, 0.05) is 10.9 Å². The number of nitrogens with zero attached hydrogens (tertiary/aromatic N) is 3. The van der Waals surface area contributed by atoms with Crippen molar-refractivity contribution in [2.24, 2.45) is 0 Å². The number of aryl methyl sites for hydroxylation is 1. The average molecular weight is 323 g/mol. The third-order valence-corrected chi connectivity index (χ3v) is 3.25. The minimum atomic E-state index is -0.0132. The molecule has 0 fully saturated rings. The van der Waals surface area contributed by atoms with Crippen molar-refractivity contribution in [1.82, 2.24) is 20.1 Å². The van der Waals surface area contributed by atoms with Gasteiger partial charge in [0.05, 0.1) is 12.6 Å². The molecule has 2 rings (SSSR count). The molecule has 2 aromatic rings. The molecule has 0 aliphatic heterocycles. The summed E-state index contributed by atoms with van der Waals surface area (Å²) in [4.78, 5) is 15.7. The molecular formula is C13H15BrN4O. The second-order valence-corrected chi connectivity index (χ2v) is 5.17. The topological polar surface area (TPSA) is 59.8 Å². The van der Waals surface area contributed by atoms with Gasteiger partial charge in [0.15, 0.2) is 0 Å². The summed E-state index contributed by atoms with van der Waals surface area (Å²) in [6.45, 7) is 2.51. The number of amides is 1. The number of hydrogen-bond donors (Lipinski definition) is 1. The Labute approximate surface area is 120 Å². The van der Waals surface area contributed by atoms with Crippen molar-refractivity contribution in [3.8, 4) is 0 Å². The maximum atomic E-state index is 11.8. The quantitative estimate of drug-likeness (QED) is 0.918. The molecule has 0 aliphatic carbocycles. The first-order valence-electron chi connectivity index (χ1n) is 6.02. The van der Waals surface area contributed by atoms with Gasteiger partial charge in [-0.15, -0.1) is 0 Å². The normalized spacial score (nSPS) is 12.1. The summed E-state index contributed by atoms with van der Waals surface area (Å²) in [7, 11) is 0. The lowest BCUT2D eigenvalue weighted by Gasteiger charge is -2.14. The van der Waals surface area contributed by atoms with Crippen molar-refractivity contribution in [2.45, 2.75) is 25.9 Å². The summed E-state index contributed by atoms with van der Waals surface area (Å²) < 4.78 is 2.65. The Hall–Kier alpha value is -1.69. The lowest BCUT2D eigenvalue weighted by Crippen LogP contribution is -2.27. The van der Waals surface area contributed by atoms with Crippen molar-refractivity contribution in [3.05, 3.63) is 47.0 Å². The van der Waals surface area contributed by atoms with Crippen LogP contribution in [0.25, 0.3) is 0 Å². The summed E-state index contributed by atoms with van der Waals surface area (Å²) in [6, 6.07) is 7.90. The fourth-order valence-corrected chi connectivity index (χ4v) is 2.15. The van der Waals surface area contributed by atoms with Gasteiger partial charge in [-0.05, 0) is 24.6 Å². The molecule has 5 nitrogen and oxygen atoms in total. The Balaban J connectivity index is 1.84. The van der Waals surface area contributed by atoms with Crippen molar-refractivity contribution < 1.29 is 4.79 Å². The van der Waals surface area contributed by atoms with E-state index in [0.29, 0.717) is 13.0 Å². The molecule has 0 saturated carbocycles. The molecule has 1 aromatic heterocycles. The van der Waals surface area contributed by atoms with Crippen LogP contribution in [0.15, 0.2) is 41.4 Å². The smallest absolute Gasteiger partial charge is 0.222 e. The zero-order valence-electron chi connectivity index (χ0n) is 10.6. The van der Waals surface area contributed by atoms with Crippen LogP contribution >= 0.6 is 15.9 Å². The predicted octanol–water partition coefficient (Wildman–Crippen LogP) is 2.31. The zero-order chi connectivity index (χ0) is 13.7. The van der Waals surface area contributed by atoms with Crippen LogP contribution in [-0.2, 0) is 11.3 Å². The fourth-order valence-electron chi connectivity index (χ4n) is 1.74. The molecule has 0 radical (unpaired) electrons. The van der Waals surface area contributed by atoms with Crippen LogP contribution in [0.3, 0.4) is 0 Å². The van der Waals surface area contributed by atoms with Gasteiger partial charge in [-0.2, -0.15) is 5.10 Å². The molecule has 0 saturated heterocycles. The Morgan fingerprint density at radius 3 is 3.05 bits per heavy atom. The lowest BCUT2D eigenvalue weighted by atomic mass is 10.1. The fraction of sp³-hybridized carbons (Fsp3) is 0.308. The van der Waals surface area contributed by atoms with E-state index in [9.17, 15) is 4.79 Å². The number of halogens is 1. The highest BCUT2D eigenvalue weighted by Crippen LogP contribution is 2.17. The molecule has 6 heteroatoms. The van der Waals surface area contributed by atoms with Gasteiger partial charge in [-0.3, -0.25) is 9.48 Å². The van der Waals surface area contributed by atoms with Crippen LogP contribution in [0.1, 0.15) is 24.9 Å². The predicted molar refractivity (Wildman–Crippen MR) is 75.3 cm³/mol. The van der Waals surface area contributed by atoms with E-state index in [1.165, 1.54) is 6.33 Å². The molecular weight excluding hydrogens is 308 g/mol. The number of benzene rings is 1. The van der Waals surface area contributed by atoms with Crippen molar-refractivity contribution >= 4 is 21.8 Å². The Morgan fingerprint density at radius 1 is 1.53 bits per heavy atom. The van der Waals surface area contributed by atoms with E-state index in [-0.39, 0.29) is 11.9 Å². The molecule has 1 amide bonds. The van der Waals surface area contributed by atoms with E-state index in [1.54, 1.807) is 11.0 Å². The Bertz CT molecular complexity index is 541. The van der Waals surface area contributed by atoms with E-state index in [0.717, 1.165) is 10.0 Å². The minimum Gasteiger partial charge on any atom is -0.350 e. The molecule has 1 N–H and O–H groups in total. The molecule has 0 spiro atoms. The second kappa shape index (κ2) is 6.47. The number of nitrogens with one attached hydrogen (secondary N) is 1. The number of rotatable bonds is 5. The van der Waals surface area contributed by atoms with E-state index < -0.39 is 0 Å². The van der Waals surface area contributed by atoms with Crippen LogP contribution in [0.4, 0.5) is 0 Å². The van der Waals surface area contributed by atoms with E-state index in [4.69, 9.17) is 0 Å². The van der Waals surface area contributed by atoms with Gasteiger partial charge in [-0.25, -0.2) is 4.98 Å². The SMILES string of the molecule is CC(NC(=O)CCn1cncn1)c1cccc(Br)c1. The first-order valence-corrected chi connectivity index (χ1v) is 6.81. The average Bonchev–Trinajstić information content (AvgIpc) is 2.89. The van der Waals surface area contributed by atoms with Crippen molar-refractivity contribution in [1.29, 1.82) is 0 Å². The molecule has 100 valence electrons. The van der Waals surface area contributed by atoms with Crippen LogP contribution in [-0.4, -0.2) is 20.7 Å². The summed E-state index contributed by atoms with van der Waals surface area (Å²) in [5, 5.41) is 6.92. The van der Waals surface area contributed by atoms with Gasteiger partial charge in [-0.1, -0.05) is 28.1 Å². The second-order valence-electron chi connectivity index (χ2n) is 4.25. The van der Waals surface area contributed by atoms with Gasteiger partial charge < -0.3 is 5.32 Å². The van der Waals surface area contributed by atoms with E-state index in [1.807, 2.05) is 31.2 Å². The number of carbonyl (C=O) groups is 1. The maximum absolute atomic E-state index is 11.8. The molecule has 1 atom stereocenters. The Morgan fingerprint density at radius 2 is 2.37 bits per heavy atom. The first kappa shape index (κ1) is 13.7. The summed E-state index contributed by atoms with van der Waals surface area (Å²) in [6.07, 6.45) is 3.45. The number of aromatic nitrogens is 3. The lowest BCUT2D eigenvalue weighted by molar-refractivity contribution is -0.122. The monoisotopic (exact) mass is 322 g/mol. The van der Waals surface area contributed by atoms with Crippen LogP contribution in [0, 0.1) is 0 Å². The maximum Gasteiger partial charge on any atom is 0.222 e. The van der Waals surface area contributed by atoms with Crippen LogP contribution in [0.5, 0.6) is 0 Å². The highest BCUT2D eigenvalue weighted by molar-refractivity contribution is 9.10. The molecule has 19 heavy (non-hydrogen) atoms. The first-order chi connectivity index (χ1) is 9.15. The van der Waals surface area contributed by atoms with Gasteiger partial charge in [0.2, 0.25) is 5.91 Å². The third-order valence-electron chi connectivity index (χ3n) is 2.76. The van der Waals surface area contributed by atoms with Crippen molar-refractivity contribution in [3.63, 3.8) is 0 Å². The number of hydrogen-bond acceptors (Lipinski definition) is 3. The highest BCUT2D eigenvalue weighted by Gasteiger charge is 2.09. The highest BCUT2D eigenvalue weighted by atomic mass is 79.9. The van der Waals surface area contributed by atoms with Crippen LogP contribution < -0.4 is 5.32 Å². The van der Waals surface area contributed by atoms with E-state index >= 15 is 0 Å². The third kappa shape index (κ3) is 4.17. The largest absolute Gasteiger partial charge is 0.350 e. The standard InChI is InChI=1S/C13H15BrN4O/c1-10(11-3-2-4-12(14)7-11)17-13(19)5-6-18-9-15-8-16-18/h2-4,7-10H,5-6H2,1H3,(H,17,19). The summed E-state index contributed by atoms with van der Waals surface area (Å²) in [5.41, 5.74) is 1.07. The molecule has 1 aromatic carbocycles. The van der Waals surface area contributed by atoms with Crippen LogP contribution in [0.2, 0.25) is 0 Å². The van der Waals surface area contributed by atoms with Gasteiger partial charge in [0.25, 0.3) is 0 Å². The molecule has 1 heterocycles. The van der Waals surface area contributed by atoms with Gasteiger partial charge >= 0.3 is 0 Å². The molecule has 0 aliphatic rings.